The van der Waals surface area contributed by atoms with Gasteiger partial charge < -0.3 is 10.6 Å². The van der Waals surface area contributed by atoms with Crippen LogP contribution in [0, 0.1) is 17.0 Å². The lowest BCUT2D eigenvalue weighted by atomic mass is 10.1. The second-order valence-corrected chi connectivity index (χ2v) is 5.87. The number of likely N-dealkylation sites (tertiary alicyclic amines) is 1. The molecule has 0 bridgehead atoms. The number of halogens is 1. The largest absolute Gasteiger partial charge is 0.336 e. The van der Waals surface area contributed by atoms with Gasteiger partial charge in [-0.05, 0) is 25.8 Å². The predicted molar refractivity (Wildman–Crippen MR) is 93.1 cm³/mol. The lowest BCUT2D eigenvalue weighted by molar-refractivity contribution is -0.384. The third-order valence-electron chi connectivity index (χ3n) is 4.13. The molecule has 0 aliphatic carbocycles. The molecule has 10 heteroatoms. The first-order valence-corrected chi connectivity index (χ1v) is 7.69. The maximum Gasteiger partial charge on any atom is 0.276 e. The minimum Gasteiger partial charge on any atom is -0.336 e. The Hall–Kier alpha value is -2.52. The fourth-order valence-electron chi connectivity index (χ4n) is 2.85. The van der Waals surface area contributed by atoms with Crippen LogP contribution in [0.25, 0.3) is 5.69 Å². The maximum atomic E-state index is 12.6. The summed E-state index contributed by atoms with van der Waals surface area (Å²) in [6.07, 6.45) is 1.77. The summed E-state index contributed by atoms with van der Waals surface area (Å²) in [4.78, 5) is 24.7. The molecule has 1 saturated heterocycles. The Morgan fingerprint density at radius 2 is 2.20 bits per heavy atom. The van der Waals surface area contributed by atoms with Gasteiger partial charge in [0.05, 0.1) is 16.3 Å². The molecule has 1 amide bonds. The Morgan fingerprint density at radius 3 is 2.88 bits per heavy atom. The summed E-state index contributed by atoms with van der Waals surface area (Å²) < 4.78 is 1.43. The minimum atomic E-state index is -0.475. The summed E-state index contributed by atoms with van der Waals surface area (Å²) in [7, 11) is 0. The van der Waals surface area contributed by atoms with Crippen molar-refractivity contribution in [2.45, 2.75) is 25.8 Å². The van der Waals surface area contributed by atoms with Gasteiger partial charge in [0.2, 0.25) is 0 Å². The molecule has 1 aromatic heterocycles. The maximum absolute atomic E-state index is 12.6. The molecule has 25 heavy (non-hydrogen) atoms. The van der Waals surface area contributed by atoms with Crippen molar-refractivity contribution in [1.82, 2.24) is 19.9 Å². The molecule has 1 aliphatic rings. The van der Waals surface area contributed by atoms with Crippen molar-refractivity contribution in [3.8, 4) is 5.69 Å². The van der Waals surface area contributed by atoms with Gasteiger partial charge in [0.1, 0.15) is 0 Å². The highest BCUT2D eigenvalue weighted by atomic mass is 35.5. The number of nitro groups is 1. The molecule has 3 rings (SSSR count). The zero-order valence-corrected chi connectivity index (χ0v) is 14.5. The molecule has 2 N–H and O–H groups in total. The zero-order chi connectivity index (χ0) is 17.3. The molecule has 134 valence electrons. The van der Waals surface area contributed by atoms with Crippen LogP contribution in [0.2, 0.25) is 0 Å². The number of piperidine rings is 1. The Morgan fingerprint density at radius 1 is 1.44 bits per heavy atom. The van der Waals surface area contributed by atoms with Gasteiger partial charge in [-0.1, -0.05) is 11.3 Å². The highest BCUT2D eigenvalue weighted by Crippen LogP contribution is 2.20. The van der Waals surface area contributed by atoms with E-state index in [1.54, 1.807) is 24.0 Å². The van der Waals surface area contributed by atoms with E-state index in [2.05, 4.69) is 10.3 Å². The number of nitro benzene ring substituents is 1. The number of carbonyl (C=O) groups excluding carboxylic acids is 1. The molecule has 2 heterocycles. The molecule has 1 unspecified atom stereocenters. The first-order chi connectivity index (χ1) is 11.5. The average molecular weight is 367 g/mol. The van der Waals surface area contributed by atoms with Gasteiger partial charge in [0, 0.05) is 31.3 Å². The van der Waals surface area contributed by atoms with Crippen LogP contribution in [-0.4, -0.2) is 49.9 Å². The van der Waals surface area contributed by atoms with E-state index in [4.69, 9.17) is 5.73 Å². The van der Waals surface area contributed by atoms with Gasteiger partial charge in [-0.25, -0.2) is 4.68 Å². The smallest absolute Gasteiger partial charge is 0.276 e. The summed E-state index contributed by atoms with van der Waals surface area (Å²) in [5, 5.41) is 18.9. The van der Waals surface area contributed by atoms with E-state index in [0.29, 0.717) is 24.5 Å². The van der Waals surface area contributed by atoms with Crippen LogP contribution in [-0.2, 0) is 0 Å². The van der Waals surface area contributed by atoms with Crippen molar-refractivity contribution in [3.05, 3.63) is 45.8 Å². The first-order valence-electron chi connectivity index (χ1n) is 7.69. The number of aromatic nitrogens is 3. The first kappa shape index (κ1) is 18.8. The van der Waals surface area contributed by atoms with Crippen molar-refractivity contribution in [1.29, 1.82) is 0 Å². The Bertz CT molecular complexity index is 793. The second-order valence-electron chi connectivity index (χ2n) is 5.87. The lowest BCUT2D eigenvalue weighted by Gasteiger charge is -2.30. The number of amides is 1. The molecule has 1 fully saturated rings. The highest BCUT2D eigenvalue weighted by molar-refractivity contribution is 5.93. The molecule has 0 spiro atoms. The average Bonchev–Trinajstić information content (AvgIpc) is 2.96. The Balaban J connectivity index is 0.00000225. The SMILES string of the molecule is Cc1c(C(=O)N2CCCC(N)C2)nnn1-c1cccc([N+](=O)[O-])c1.Cl. The third kappa shape index (κ3) is 3.77. The van der Waals surface area contributed by atoms with E-state index in [0.717, 1.165) is 12.8 Å². The zero-order valence-electron chi connectivity index (χ0n) is 13.7. The number of hydrogen-bond donors (Lipinski definition) is 1. The molecule has 0 radical (unpaired) electrons. The fourth-order valence-corrected chi connectivity index (χ4v) is 2.85. The molecule has 2 aromatic rings. The van der Waals surface area contributed by atoms with Gasteiger partial charge in [-0.2, -0.15) is 0 Å². The standard InChI is InChI=1S/C15H18N6O3.ClH/c1-10-14(15(22)19-7-3-4-11(16)9-19)17-18-20(10)12-5-2-6-13(8-12)21(23)24;/h2,5-6,8,11H,3-4,7,9,16H2,1H3;1H. The molecule has 9 nitrogen and oxygen atoms in total. The number of rotatable bonds is 3. The Labute approximate surface area is 150 Å². The number of benzene rings is 1. The van der Waals surface area contributed by atoms with Crippen molar-refractivity contribution in [2.75, 3.05) is 13.1 Å². The molecule has 0 saturated carbocycles. The van der Waals surface area contributed by atoms with E-state index < -0.39 is 4.92 Å². The summed E-state index contributed by atoms with van der Waals surface area (Å²) in [5.41, 5.74) is 7.15. The van der Waals surface area contributed by atoms with Crippen LogP contribution in [0.1, 0.15) is 29.0 Å². The molecular formula is C15H19ClN6O3. The highest BCUT2D eigenvalue weighted by Gasteiger charge is 2.26. The number of nitrogens with zero attached hydrogens (tertiary/aromatic N) is 5. The molecule has 1 aromatic carbocycles. The summed E-state index contributed by atoms with van der Waals surface area (Å²) >= 11 is 0. The monoisotopic (exact) mass is 366 g/mol. The molecule has 1 atom stereocenters. The van der Waals surface area contributed by atoms with Crippen LogP contribution < -0.4 is 5.73 Å². The molecular weight excluding hydrogens is 348 g/mol. The van der Waals surface area contributed by atoms with Crippen LogP contribution in [0.15, 0.2) is 24.3 Å². The third-order valence-corrected chi connectivity index (χ3v) is 4.13. The van der Waals surface area contributed by atoms with Crippen molar-refractivity contribution in [2.24, 2.45) is 5.73 Å². The van der Waals surface area contributed by atoms with E-state index in [1.165, 1.54) is 16.8 Å². The van der Waals surface area contributed by atoms with E-state index in [-0.39, 0.29) is 35.7 Å². The van der Waals surface area contributed by atoms with Crippen LogP contribution in [0.5, 0.6) is 0 Å². The van der Waals surface area contributed by atoms with Crippen molar-refractivity contribution < 1.29 is 9.72 Å². The van der Waals surface area contributed by atoms with Crippen molar-refractivity contribution in [3.63, 3.8) is 0 Å². The normalized spacial score (nSPS) is 17.0. The minimum absolute atomic E-state index is 0. The van der Waals surface area contributed by atoms with Crippen LogP contribution >= 0.6 is 12.4 Å². The number of hydrogen-bond acceptors (Lipinski definition) is 6. The fraction of sp³-hybridized carbons (Fsp3) is 0.400. The molecule has 1 aliphatic heterocycles. The summed E-state index contributed by atoms with van der Waals surface area (Å²) in [6, 6.07) is 6.03. The van der Waals surface area contributed by atoms with Crippen molar-refractivity contribution >= 4 is 24.0 Å². The van der Waals surface area contributed by atoms with E-state index >= 15 is 0 Å². The van der Waals surface area contributed by atoms with Gasteiger partial charge in [0.15, 0.2) is 5.69 Å². The van der Waals surface area contributed by atoms with Crippen LogP contribution in [0.3, 0.4) is 0 Å². The lowest BCUT2D eigenvalue weighted by Crippen LogP contribution is -2.46. The quantitative estimate of drug-likeness (QED) is 0.648. The predicted octanol–water partition coefficient (Wildman–Crippen LogP) is 1.47. The number of carbonyl (C=O) groups is 1. The van der Waals surface area contributed by atoms with E-state index in [1.807, 2.05) is 0 Å². The van der Waals surface area contributed by atoms with Crippen LogP contribution in [0.4, 0.5) is 5.69 Å². The van der Waals surface area contributed by atoms with E-state index in [9.17, 15) is 14.9 Å². The summed E-state index contributed by atoms with van der Waals surface area (Å²) in [6.45, 7) is 2.87. The Kier molecular flexibility index (Phi) is 5.70. The topological polar surface area (TPSA) is 120 Å². The number of nitrogens with two attached hydrogens (primary N) is 1. The summed E-state index contributed by atoms with van der Waals surface area (Å²) in [5.74, 6) is -0.209. The number of non-ortho nitro benzene ring substituents is 1. The van der Waals surface area contributed by atoms with Gasteiger partial charge >= 0.3 is 0 Å². The van der Waals surface area contributed by atoms with Gasteiger partial charge in [0.25, 0.3) is 11.6 Å². The second kappa shape index (κ2) is 7.58. The van der Waals surface area contributed by atoms with Gasteiger partial charge in [-0.3, -0.25) is 14.9 Å². The van der Waals surface area contributed by atoms with Gasteiger partial charge in [-0.15, -0.1) is 17.5 Å².